The van der Waals surface area contributed by atoms with Crippen LogP contribution in [0.15, 0.2) is 55.0 Å². The maximum Gasteiger partial charge on any atom is 0.255 e. The number of hydrogen-bond acceptors (Lipinski definition) is 12. The highest BCUT2D eigenvalue weighted by Crippen LogP contribution is 2.28. The van der Waals surface area contributed by atoms with E-state index in [1.165, 1.54) is 0 Å². The van der Waals surface area contributed by atoms with E-state index >= 15 is 0 Å². The van der Waals surface area contributed by atoms with Crippen LogP contribution in [-0.4, -0.2) is 105 Å². The molecule has 2 aliphatic rings. The number of carbonyl (C=O) groups excluding carboxylic acids is 1. The highest BCUT2D eigenvalue weighted by Gasteiger charge is 2.23. The third-order valence-electron chi connectivity index (χ3n) is 8.60. The zero-order valence-electron chi connectivity index (χ0n) is 27.9. The molecule has 14 heteroatoms. The van der Waals surface area contributed by atoms with Gasteiger partial charge in [0, 0.05) is 81.1 Å². The molecule has 0 bridgehead atoms. The summed E-state index contributed by atoms with van der Waals surface area (Å²) < 4.78 is 7.34. The van der Waals surface area contributed by atoms with Crippen molar-refractivity contribution < 1.29 is 9.53 Å². The molecule has 250 valence electrons. The number of hydrogen-bond donors (Lipinski definition) is 3. The third-order valence-corrected chi connectivity index (χ3v) is 8.60. The van der Waals surface area contributed by atoms with E-state index in [9.17, 15) is 10.1 Å². The Balaban J connectivity index is 1.25. The number of anilines is 4. The number of benzene rings is 1. The van der Waals surface area contributed by atoms with Gasteiger partial charge in [-0.1, -0.05) is 6.07 Å². The highest BCUT2D eigenvalue weighted by molar-refractivity contribution is 6.04. The first-order valence-corrected chi connectivity index (χ1v) is 16.2. The lowest BCUT2D eigenvalue weighted by molar-refractivity contribution is 0.0336. The Morgan fingerprint density at radius 1 is 1.00 bits per heavy atom. The van der Waals surface area contributed by atoms with E-state index in [0.29, 0.717) is 48.3 Å². The van der Waals surface area contributed by atoms with Crippen LogP contribution in [0, 0.1) is 18.3 Å². The average Bonchev–Trinajstić information content (AvgIpc) is 3.49. The summed E-state index contributed by atoms with van der Waals surface area (Å²) in [7, 11) is 2.13. The molecule has 0 saturated carbocycles. The van der Waals surface area contributed by atoms with Gasteiger partial charge in [0.1, 0.15) is 18.0 Å². The fraction of sp³-hybridized carbons (Fsp3) is 0.412. The molecule has 0 spiro atoms. The number of nitriles is 1. The Hall–Kier alpha value is -4.94. The number of ether oxygens (including phenoxy) is 1. The number of aromatic nitrogens is 5. The van der Waals surface area contributed by atoms with Crippen LogP contribution in [-0.2, 0) is 16.7 Å². The van der Waals surface area contributed by atoms with Crippen LogP contribution in [0.3, 0.4) is 0 Å². The van der Waals surface area contributed by atoms with Crippen molar-refractivity contribution in [1.82, 2.24) is 39.5 Å². The summed E-state index contributed by atoms with van der Waals surface area (Å²) in [6, 6.07) is 15.2. The van der Waals surface area contributed by atoms with Crippen LogP contribution in [0.2, 0.25) is 0 Å². The number of aryl methyl sites for hydroxylation is 1. The maximum absolute atomic E-state index is 13.3. The van der Waals surface area contributed by atoms with Gasteiger partial charge < -0.3 is 25.7 Å². The predicted octanol–water partition coefficient (Wildman–Crippen LogP) is 3.57. The molecular weight excluding hydrogens is 608 g/mol. The van der Waals surface area contributed by atoms with Crippen molar-refractivity contribution in [2.24, 2.45) is 0 Å². The fourth-order valence-electron chi connectivity index (χ4n) is 5.51. The molecule has 14 nitrogen and oxygen atoms in total. The second kappa shape index (κ2) is 14.4. The van der Waals surface area contributed by atoms with E-state index in [-0.39, 0.29) is 5.91 Å². The lowest BCUT2D eigenvalue weighted by atomic mass is 9.90. The second-order valence-electron chi connectivity index (χ2n) is 12.8. The van der Waals surface area contributed by atoms with Gasteiger partial charge in [-0.05, 0) is 57.6 Å². The topological polar surface area (TPSA) is 152 Å². The van der Waals surface area contributed by atoms with Crippen molar-refractivity contribution >= 4 is 28.9 Å². The number of hydrazine groups is 1. The minimum absolute atomic E-state index is 0.290. The Morgan fingerprint density at radius 2 is 1.79 bits per heavy atom. The molecule has 48 heavy (non-hydrogen) atoms. The van der Waals surface area contributed by atoms with Gasteiger partial charge in [0.25, 0.3) is 5.91 Å². The number of likely N-dealkylation sites (N-methyl/N-ethyl adjacent to an activating group) is 1. The van der Waals surface area contributed by atoms with Gasteiger partial charge in [-0.2, -0.15) is 15.0 Å². The van der Waals surface area contributed by atoms with Crippen molar-refractivity contribution in [3.05, 3.63) is 77.5 Å². The number of amides is 1. The van der Waals surface area contributed by atoms with Crippen LogP contribution in [0.5, 0.6) is 0 Å². The number of morpholine rings is 1. The normalized spacial score (nSPS) is 16.3. The van der Waals surface area contributed by atoms with Crippen molar-refractivity contribution in [3.8, 4) is 11.9 Å². The molecule has 0 radical (unpaired) electrons. The van der Waals surface area contributed by atoms with E-state index in [1.807, 2.05) is 37.3 Å². The summed E-state index contributed by atoms with van der Waals surface area (Å²) in [5, 5.41) is 23.2. The quantitative estimate of drug-likeness (QED) is 0.230. The average molecular weight is 651 g/mol. The number of rotatable bonds is 10. The van der Waals surface area contributed by atoms with E-state index in [2.05, 4.69) is 58.9 Å². The lowest BCUT2D eigenvalue weighted by Crippen LogP contribution is -2.47. The number of nitrogens with zero attached hydrogens (tertiary/aromatic N) is 9. The molecule has 2 aliphatic heterocycles. The first-order chi connectivity index (χ1) is 23.2. The summed E-state index contributed by atoms with van der Waals surface area (Å²) >= 11 is 0. The minimum Gasteiger partial charge on any atom is -0.379 e. The van der Waals surface area contributed by atoms with Gasteiger partial charge in [0.05, 0.1) is 36.1 Å². The summed E-state index contributed by atoms with van der Waals surface area (Å²) in [5.41, 5.74) is 6.87. The van der Waals surface area contributed by atoms with Crippen LogP contribution in [0.1, 0.15) is 41.2 Å². The van der Waals surface area contributed by atoms with Crippen LogP contribution >= 0.6 is 0 Å². The number of nitrogens with one attached hydrogen (secondary N) is 3. The second-order valence-corrected chi connectivity index (χ2v) is 12.8. The SMILES string of the molecule is Cc1ccc(NC(=O)c2ccnc(C(C)(C)C#N)c2)cc1Nc1cc(CN2CCOCC2)nn1-c1cc(NN2CCN(C)CC2)ncn1. The van der Waals surface area contributed by atoms with Crippen molar-refractivity contribution in [3.63, 3.8) is 0 Å². The zero-order valence-corrected chi connectivity index (χ0v) is 27.9. The number of pyridine rings is 1. The summed E-state index contributed by atoms with van der Waals surface area (Å²) in [6.07, 6.45) is 3.10. The van der Waals surface area contributed by atoms with Crippen LogP contribution in [0.25, 0.3) is 5.82 Å². The zero-order chi connectivity index (χ0) is 33.7. The van der Waals surface area contributed by atoms with Gasteiger partial charge in [-0.25, -0.2) is 15.0 Å². The van der Waals surface area contributed by atoms with Gasteiger partial charge in [-0.15, -0.1) is 0 Å². The molecule has 4 aromatic rings. The molecule has 2 saturated heterocycles. The Bertz CT molecular complexity index is 1780. The smallest absolute Gasteiger partial charge is 0.255 e. The van der Waals surface area contributed by atoms with E-state index < -0.39 is 5.41 Å². The molecule has 0 unspecified atom stereocenters. The van der Waals surface area contributed by atoms with E-state index in [0.717, 1.165) is 62.0 Å². The third kappa shape index (κ3) is 7.95. The molecular formula is C34H42N12O2. The summed E-state index contributed by atoms with van der Waals surface area (Å²) in [4.78, 5) is 31.3. The fourth-order valence-corrected chi connectivity index (χ4v) is 5.51. The Morgan fingerprint density at radius 3 is 2.56 bits per heavy atom. The molecule has 2 fully saturated rings. The first-order valence-electron chi connectivity index (χ1n) is 16.2. The largest absolute Gasteiger partial charge is 0.379 e. The summed E-state index contributed by atoms with van der Waals surface area (Å²) in [5.74, 6) is 1.75. The molecule has 1 aromatic carbocycles. The van der Waals surface area contributed by atoms with Gasteiger partial charge in [-0.3, -0.25) is 14.7 Å². The van der Waals surface area contributed by atoms with Gasteiger partial charge in [0.2, 0.25) is 0 Å². The molecule has 0 atom stereocenters. The summed E-state index contributed by atoms with van der Waals surface area (Å²) in [6.45, 7) is 13.1. The molecule has 0 aliphatic carbocycles. The van der Waals surface area contributed by atoms with Crippen LogP contribution < -0.4 is 16.1 Å². The van der Waals surface area contributed by atoms with E-state index in [4.69, 9.17) is 9.84 Å². The maximum atomic E-state index is 13.3. The predicted molar refractivity (Wildman–Crippen MR) is 183 cm³/mol. The van der Waals surface area contributed by atoms with Gasteiger partial charge >= 0.3 is 0 Å². The highest BCUT2D eigenvalue weighted by atomic mass is 16.5. The number of piperazine rings is 1. The van der Waals surface area contributed by atoms with Crippen molar-refractivity contribution in [2.45, 2.75) is 32.7 Å². The minimum atomic E-state index is -0.814. The van der Waals surface area contributed by atoms with Gasteiger partial charge in [0.15, 0.2) is 5.82 Å². The van der Waals surface area contributed by atoms with E-state index in [1.54, 1.807) is 43.2 Å². The molecule has 1 amide bonds. The van der Waals surface area contributed by atoms with Crippen molar-refractivity contribution in [1.29, 1.82) is 5.26 Å². The Labute approximate surface area is 280 Å². The lowest BCUT2D eigenvalue weighted by Gasteiger charge is -2.32. The molecule has 3 N–H and O–H groups in total. The number of carbonyl (C=O) groups is 1. The van der Waals surface area contributed by atoms with Crippen molar-refractivity contribution in [2.75, 3.05) is 75.6 Å². The molecule has 6 rings (SSSR count). The molecule has 3 aromatic heterocycles. The standard InChI is InChI=1S/C34H42N12O2/c1-24-5-6-26(39-33(47)25-7-8-36-29(17-25)34(2,3)22-35)18-28(24)40-32-19-27(21-44-13-15-48-16-14-44)41-46(32)31-20-30(37-23-38-31)42-45-11-9-43(4)10-12-45/h5-8,17-20,23,40H,9-16,21H2,1-4H3,(H,39,47)(H,37,38,42). The Kier molecular flexibility index (Phi) is 9.93. The first kappa shape index (κ1) is 33.0. The van der Waals surface area contributed by atoms with Crippen LogP contribution in [0.4, 0.5) is 23.0 Å². The molecule has 5 heterocycles. The monoisotopic (exact) mass is 650 g/mol.